The maximum atomic E-state index is 14.8. The molecule has 2 heterocycles. The maximum Gasteiger partial charge on any atom is 0.338 e. The average molecular weight is 415 g/mol. The van der Waals surface area contributed by atoms with Gasteiger partial charge in [-0.1, -0.05) is 30.0 Å². The number of halogens is 1. The van der Waals surface area contributed by atoms with Gasteiger partial charge in [0.15, 0.2) is 5.17 Å². The lowest BCUT2D eigenvalue weighted by molar-refractivity contribution is -0.136. The molecule has 0 bridgehead atoms. The highest BCUT2D eigenvalue weighted by Gasteiger charge is 2.42. The van der Waals surface area contributed by atoms with Gasteiger partial charge >= 0.3 is 5.97 Å². The molecular weight excluding hydrogens is 393 g/mol. The lowest BCUT2D eigenvalue weighted by atomic mass is 9.93. The van der Waals surface area contributed by atoms with E-state index < -0.39 is 17.8 Å². The van der Waals surface area contributed by atoms with E-state index in [9.17, 15) is 14.0 Å². The monoisotopic (exact) mass is 415 g/mol. The molecule has 1 saturated carbocycles. The molecule has 0 saturated heterocycles. The topological polar surface area (TPSA) is 71.0 Å². The minimum absolute atomic E-state index is 0.0943. The summed E-state index contributed by atoms with van der Waals surface area (Å²) >= 11 is 1.37. The summed E-state index contributed by atoms with van der Waals surface area (Å²) in [4.78, 5) is 31.3. The molecule has 8 heteroatoms. The zero-order valence-corrected chi connectivity index (χ0v) is 17.1. The summed E-state index contributed by atoms with van der Waals surface area (Å²) in [7, 11) is 1.29. The fourth-order valence-corrected chi connectivity index (χ4v) is 4.50. The molecule has 3 aliphatic rings. The van der Waals surface area contributed by atoms with Crippen molar-refractivity contribution >= 4 is 28.8 Å². The van der Waals surface area contributed by atoms with Gasteiger partial charge < -0.3 is 15.0 Å². The van der Waals surface area contributed by atoms with Crippen LogP contribution in [0.3, 0.4) is 0 Å². The van der Waals surface area contributed by atoms with Crippen LogP contribution >= 0.6 is 11.8 Å². The highest BCUT2D eigenvalue weighted by atomic mass is 32.2. The van der Waals surface area contributed by atoms with Crippen molar-refractivity contribution in [3.8, 4) is 0 Å². The number of aliphatic imine (C=N–C) groups is 1. The molecule has 1 aliphatic carbocycles. The number of nitrogens with zero attached hydrogens (tertiary/aromatic N) is 2. The van der Waals surface area contributed by atoms with Crippen LogP contribution in [0.4, 0.5) is 4.39 Å². The van der Waals surface area contributed by atoms with E-state index in [1.807, 2.05) is 5.41 Å². The molecule has 152 valence electrons. The van der Waals surface area contributed by atoms with Crippen LogP contribution in [0.1, 0.15) is 37.8 Å². The second-order valence-electron chi connectivity index (χ2n) is 7.33. The van der Waals surface area contributed by atoms with E-state index in [0.717, 1.165) is 12.8 Å². The summed E-state index contributed by atoms with van der Waals surface area (Å²) in [5, 5.41) is 5.42. The van der Waals surface area contributed by atoms with E-state index in [1.165, 1.54) is 24.9 Å². The standard InChI is InChI=1S/C21H22FN3O3S/c1-12-18(20(27)28-2)19(15-5-3-4-6-16(15)22)25-14(11-29-21(25)24-12)9-17(26)23-10-13-7-8-13/h3-6,11,13,19H,7-10H2,1-2H3,(H,23,26)/t19-/m1/s1. The Balaban J connectivity index is 1.68. The predicted molar refractivity (Wildman–Crippen MR) is 109 cm³/mol. The van der Waals surface area contributed by atoms with E-state index >= 15 is 0 Å². The van der Waals surface area contributed by atoms with Crippen LogP contribution in [0.15, 0.2) is 51.6 Å². The van der Waals surface area contributed by atoms with Crippen molar-refractivity contribution in [2.45, 2.75) is 32.2 Å². The summed E-state index contributed by atoms with van der Waals surface area (Å²) in [6.45, 7) is 2.40. The Kier molecular flexibility index (Phi) is 5.45. The summed E-state index contributed by atoms with van der Waals surface area (Å²) < 4.78 is 19.7. The van der Waals surface area contributed by atoms with Gasteiger partial charge in [0, 0.05) is 17.8 Å². The first-order chi connectivity index (χ1) is 14.0. The number of benzene rings is 1. The Bertz CT molecular complexity index is 952. The van der Waals surface area contributed by atoms with Crippen LogP contribution in [-0.4, -0.2) is 35.6 Å². The van der Waals surface area contributed by atoms with Crippen LogP contribution in [-0.2, 0) is 14.3 Å². The average Bonchev–Trinajstić information content (AvgIpc) is 3.46. The summed E-state index contributed by atoms with van der Waals surface area (Å²) in [5.74, 6) is -0.501. The van der Waals surface area contributed by atoms with Gasteiger partial charge in [-0.15, -0.1) is 0 Å². The van der Waals surface area contributed by atoms with Gasteiger partial charge in [0.1, 0.15) is 5.82 Å². The van der Waals surface area contributed by atoms with Crippen molar-refractivity contribution in [1.29, 1.82) is 0 Å². The number of amidine groups is 1. The summed E-state index contributed by atoms with van der Waals surface area (Å²) in [6.07, 6.45) is 2.45. The Hall–Kier alpha value is -2.61. The van der Waals surface area contributed by atoms with Crippen molar-refractivity contribution in [3.05, 3.63) is 58.0 Å². The number of rotatable bonds is 6. The Morgan fingerprint density at radius 1 is 1.34 bits per heavy atom. The van der Waals surface area contributed by atoms with Crippen molar-refractivity contribution in [1.82, 2.24) is 10.2 Å². The maximum absolute atomic E-state index is 14.8. The number of nitrogens with one attached hydrogen (secondary N) is 1. The quantitative estimate of drug-likeness (QED) is 0.721. The fraction of sp³-hybridized carbons (Fsp3) is 0.381. The molecule has 1 aromatic carbocycles. The molecule has 1 N–H and O–H groups in total. The first-order valence-corrected chi connectivity index (χ1v) is 10.4. The largest absolute Gasteiger partial charge is 0.466 e. The number of thioether (sulfide) groups is 1. The number of methoxy groups -OCH3 is 1. The van der Waals surface area contributed by atoms with Gasteiger partial charge in [0.2, 0.25) is 5.91 Å². The van der Waals surface area contributed by atoms with Gasteiger partial charge in [-0.3, -0.25) is 4.79 Å². The first kappa shape index (κ1) is 19.7. The smallest absolute Gasteiger partial charge is 0.338 e. The molecule has 0 aromatic heterocycles. The van der Waals surface area contributed by atoms with E-state index in [1.54, 1.807) is 30.0 Å². The zero-order chi connectivity index (χ0) is 20.5. The number of hydrogen-bond acceptors (Lipinski definition) is 6. The van der Waals surface area contributed by atoms with Crippen LogP contribution in [0.25, 0.3) is 0 Å². The highest BCUT2D eigenvalue weighted by molar-refractivity contribution is 8.16. The Labute approximate surface area is 172 Å². The van der Waals surface area contributed by atoms with Crippen LogP contribution in [0.2, 0.25) is 0 Å². The fourth-order valence-electron chi connectivity index (χ4n) is 3.54. The summed E-state index contributed by atoms with van der Waals surface area (Å²) in [6, 6.07) is 5.59. The van der Waals surface area contributed by atoms with Gasteiger partial charge in [0.05, 0.1) is 30.8 Å². The molecule has 1 amide bonds. The van der Waals surface area contributed by atoms with Gasteiger partial charge in [0.25, 0.3) is 0 Å². The minimum atomic E-state index is -0.742. The second kappa shape index (κ2) is 8.02. The number of hydrogen-bond donors (Lipinski definition) is 1. The third kappa shape index (κ3) is 3.94. The van der Waals surface area contributed by atoms with Crippen molar-refractivity contribution < 1.29 is 18.7 Å². The van der Waals surface area contributed by atoms with Crippen LogP contribution < -0.4 is 5.32 Å². The molecular formula is C21H22FN3O3S. The predicted octanol–water partition coefficient (Wildman–Crippen LogP) is 3.49. The molecule has 2 aliphatic heterocycles. The van der Waals surface area contributed by atoms with Crippen LogP contribution in [0.5, 0.6) is 0 Å². The van der Waals surface area contributed by atoms with Gasteiger partial charge in [-0.25, -0.2) is 14.2 Å². The molecule has 1 aromatic rings. The number of amides is 1. The van der Waals surface area contributed by atoms with Crippen molar-refractivity contribution in [2.24, 2.45) is 10.9 Å². The van der Waals surface area contributed by atoms with Crippen molar-refractivity contribution in [2.75, 3.05) is 13.7 Å². The molecule has 6 nitrogen and oxygen atoms in total. The number of esters is 1. The van der Waals surface area contributed by atoms with E-state index in [0.29, 0.717) is 34.6 Å². The SMILES string of the molecule is COC(=O)C1=C(C)N=C2SC=C(CC(=O)NCC3CC3)N2[C@@H]1c1ccccc1F. The molecule has 0 unspecified atom stereocenters. The number of carbonyl (C=O) groups excluding carboxylic acids is 2. The Morgan fingerprint density at radius 3 is 2.79 bits per heavy atom. The molecule has 0 spiro atoms. The first-order valence-electron chi connectivity index (χ1n) is 9.53. The second-order valence-corrected chi connectivity index (χ2v) is 8.17. The summed E-state index contributed by atoms with van der Waals surface area (Å²) in [5.41, 5.74) is 1.78. The number of ether oxygens (including phenoxy) is 1. The van der Waals surface area contributed by atoms with E-state index in [-0.39, 0.29) is 17.9 Å². The van der Waals surface area contributed by atoms with Gasteiger partial charge in [-0.2, -0.15) is 0 Å². The number of allylic oxidation sites excluding steroid dienone is 1. The lowest BCUT2D eigenvalue weighted by Crippen LogP contribution is -2.38. The molecule has 1 fully saturated rings. The molecule has 4 rings (SSSR count). The number of carbonyl (C=O) groups is 2. The molecule has 1 atom stereocenters. The van der Waals surface area contributed by atoms with E-state index in [2.05, 4.69) is 10.3 Å². The molecule has 0 radical (unpaired) electrons. The highest BCUT2D eigenvalue weighted by Crippen LogP contribution is 2.45. The van der Waals surface area contributed by atoms with Gasteiger partial charge in [-0.05, 0) is 37.2 Å². The third-order valence-electron chi connectivity index (χ3n) is 5.23. The lowest BCUT2D eigenvalue weighted by Gasteiger charge is -2.36. The third-order valence-corrected chi connectivity index (χ3v) is 6.12. The van der Waals surface area contributed by atoms with Crippen LogP contribution in [0, 0.1) is 11.7 Å². The van der Waals surface area contributed by atoms with E-state index in [4.69, 9.17) is 4.74 Å². The molecule has 29 heavy (non-hydrogen) atoms. The zero-order valence-electron chi connectivity index (χ0n) is 16.3. The Morgan fingerprint density at radius 2 is 2.10 bits per heavy atom. The number of fused-ring (bicyclic) bond motifs is 1. The minimum Gasteiger partial charge on any atom is -0.466 e. The van der Waals surface area contributed by atoms with Crippen molar-refractivity contribution in [3.63, 3.8) is 0 Å². The normalized spacial score (nSPS) is 20.8.